The number of imidazole rings is 1. The van der Waals surface area contributed by atoms with Crippen molar-refractivity contribution < 1.29 is 0 Å². The summed E-state index contributed by atoms with van der Waals surface area (Å²) in [6, 6.07) is 2.20. The van der Waals surface area contributed by atoms with Crippen LogP contribution in [-0.4, -0.2) is 25.2 Å². The van der Waals surface area contributed by atoms with E-state index < -0.39 is 0 Å². The van der Waals surface area contributed by atoms with Crippen molar-refractivity contribution >= 4 is 17.1 Å². The number of anilines is 1. The predicted molar refractivity (Wildman–Crippen MR) is 91.0 cm³/mol. The lowest BCUT2D eigenvalue weighted by Crippen LogP contribution is -2.39. The quantitative estimate of drug-likeness (QED) is 0.826. The third-order valence-corrected chi connectivity index (χ3v) is 4.56. The molecule has 0 amide bonds. The average Bonchev–Trinajstić information content (AvgIpc) is 2.98. The van der Waals surface area contributed by atoms with E-state index in [0.29, 0.717) is 30.1 Å². The second-order valence-corrected chi connectivity index (χ2v) is 6.36. The third-order valence-electron chi connectivity index (χ3n) is 4.56. The summed E-state index contributed by atoms with van der Waals surface area (Å²) in [5.74, 6) is 0.656. The molecule has 0 unspecified atom stereocenters. The Morgan fingerprint density at radius 2 is 2.17 bits per heavy atom. The highest BCUT2D eigenvalue weighted by Crippen LogP contribution is 2.19. The molecule has 0 fully saturated rings. The van der Waals surface area contributed by atoms with Crippen molar-refractivity contribution in [1.29, 1.82) is 5.26 Å². The summed E-state index contributed by atoms with van der Waals surface area (Å²) in [7, 11) is 1.65. The standard InChI is InChI=1S/C16H22N6O2/c1-11(10-17)6-3-4-8-22-14(23)12-13(20(2)16(22)24)19-15-18-7-5-9-21(12)15/h11H,3-9H2,1-2H3,(H,18,19)/t11-/m1/s1. The summed E-state index contributed by atoms with van der Waals surface area (Å²) in [5, 5.41) is 12.0. The fourth-order valence-electron chi connectivity index (χ4n) is 3.14. The Hall–Kier alpha value is -2.56. The van der Waals surface area contributed by atoms with Gasteiger partial charge in [0.2, 0.25) is 5.95 Å². The molecule has 0 spiro atoms. The molecule has 2 aromatic rings. The average molecular weight is 330 g/mol. The van der Waals surface area contributed by atoms with E-state index in [0.717, 1.165) is 32.4 Å². The Morgan fingerprint density at radius 1 is 1.38 bits per heavy atom. The van der Waals surface area contributed by atoms with E-state index in [4.69, 9.17) is 5.26 Å². The van der Waals surface area contributed by atoms with E-state index in [1.54, 1.807) is 7.05 Å². The molecule has 1 atom stereocenters. The van der Waals surface area contributed by atoms with E-state index in [-0.39, 0.29) is 17.2 Å². The van der Waals surface area contributed by atoms with Crippen LogP contribution in [0.2, 0.25) is 0 Å². The topological polar surface area (TPSA) is 97.6 Å². The van der Waals surface area contributed by atoms with Crippen LogP contribution in [-0.2, 0) is 20.1 Å². The van der Waals surface area contributed by atoms with Gasteiger partial charge < -0.3 is 9.88 Å². The van der Waals surface area contributed by atoms with E-state index in [1.807, 2.05) is 11.5 Å². The number of hydrogen-bond donors (Lipinski definition) is 1. The van der Waals surface area contributed by atoms with Crippen molar-refractivity contribution in [2.75, 3.05) is 11.9 Å². The van der Waals surface area contributed by atoms with E-state index >= 15 is 0 Å². The minimum atomic E-state index is -0.337. The van der Waals surface area contributed by atoms with Crippen molar-refractivity contribution in [3.63, 3.8) is 0 Å². The summed E-state index contributed by atoms with van der Waals surface area (Å²) in [5.41, 5.74) is 0.314. The summed E-state index contributed by atoms with van der Waals surface area (Å²) < 4.78 is 4.61. The molecule has 8 nitrogen and oxygen atoms in total. The molecule has 1 aliphatic heterocycles. The second kappa shape index (κ2) is 6.51. The van der Waals surface area contributed by atoms with Crippen LogP contribution in [0.15, 0.2) is 9.59 Å². The van der Waals surface area contributed by atoms with Crippen LogP contribution in [0, 0.1) is 17.2 Å². The minimum Gasteiger partial charge on any atom is -0.356 e. The number of aryl methyl sites for hydroxylation is 2. The van der Waals surface area contributed by atoms with Gasteiger partial charge in [0.25, 0.3) is 5.56 Å². The van der Waals surface area contributed by atoms with Crippen LogP contribution in [0.1, 0.15) is 32.6 Å². The first-order valence-electron chi connectivity index (χ1n) is 8.38. The maximum Gasteiger partial charge on any atom is 0.332 e. The third kappa shape index (κ3) is 2.70. The molecule has 8 heteroatoms. The number of aromatic nitrogens is 4. The number of fused-ring (bicyclic) bond motifs is 3. The molecule has 1 aliphatic rings. The molecular weight excluding hydrogens is 308 g/mol. The first kappa shape index (κ1) is 16.3. The molecule has 0 aliphatic carbocycles. The lowest BCUT2D eigenvalue weighted by molar-refractivity contribution is 0.514. The SMILES string of the molecule is C[C@@H](C#N)CCCCn1c(=O)c2c(nc3n2CCCN3)n(C)c1=O. The smallest absolute Gasteiger partial charge is 0.332 e. The van der Waals surface area contributed by atoms with Crippen LogP contribution >= 0.6 is 0 Å². The van der Waals surface area contributed by atoms with Crippen molar-refractivity contribution in [2.45, 2.75) is 45.7 Å². The molecule has 24 heavy (non-hydrogen) atoms. The molecule has 3 heterocycles. The van der Waals surface area contributed by atoms with Gasteiger partial charge in [-0.1, -0.05) is 6.42 Å². The summed E-state index contributed by atoms with van der Waals surface area (Å²) in [6.07, 6.45) is 3.22. The van der Waals surface area contributed by atoms with Crippen molar-refractivity contribution in [3.05, 3.63) is 20.8 Å². The Kier molecular flexibility index (Phi) is 4.42. The largest absolute Gasteiger partial charge is 0.356 e. The molecule has 128 valence electrons. The van der Waals surface area contributed by atoms with Gasteiger partial charge in [0.05, 0.1) is 6.07 Å². The number of nitrogens with zero attached hydrogens (tertiary/aromatic N) is 5. The highest BCUT2D eigenvalue weighted by molar-refractivity contribution is 5.74. The van der Waals surface area contributed by atoms with Crippen LogP contribution in [0.5, 0.6) is 0 Å². The lowest BCUT2D eigenvalue weighted by atomic mass is 10.1. The highest BCUT2D eigenvalue weighted by Gasteiger charge is 2.21. The normalized spacial score (nSPS) is 14.9. The lowest BCUT2D eigenvalue weighted by Gasteiger charge is -2.15. The maximum absolute atomic E-state index is 12.8. The van der Waals surface area contributed by atoms with Crippen LogP contribution in [0.4, 0.5) is 5.95 Å². The molecule has 2 aromatic heterocycles. The van der Waals surface area contributed by atoms with Gasteiger partial charge in [-0.2, -0.15) is 10.2 Å². The summed E-state index contributed by atoms with van der Waals surface area (Å²) >= 11 is 0. The molecule has 0 aromatic carbocycles. The van der Waals surface area contributed by atoms with Crippen LogP contribution in [0.3, 0.4) is 0 Å². The Balaban J connectivity index is 1.95. The number of nitrogens with one attached hydrogen (secondary N) is 1. The van der Waals surface area contributed by atoms with Crippen LogP contribution < -0.4 is 16.6 Å². The maximum atomic E-state index is 12.8. The first-order chi connectivity index (χ1) is 11.5. The van der Waals surface area contributed by atoms with Gasteiger partial charge in [-0.25, -0.2) is 4.79 Å². The van der Waals surface area contributed by atoms with Gasteiger partial charge in [-0.3, -0.25) is 13.9 Å². The Morgan fingerprint density at radius 3 is 2.92 bits per heavy atom. The molecule has 0 bridgehead atoms. The number of hydrogen-bond acceptors (Lipinski definition) is 5. The number of unbranched alkanes of at least 4 members (excludes halogenated alkanes) is 1. The van der Waals surface area contributed by atoms with E-state index in [2.05, 4.69) is 16.4 Å². The fraction of sp³-hybridized carbons (Fsp3) is 0.625. The van der Waals surface area contributed by atoms with Crippen LogP contribution in [0.25, 0.3) is 11.2 Å². The van der Waals surface area contributed by atoms with E-state index in [1.165, 1.54) is 9.13 Å². The number of nitriles is 1. The van der Waals surface area contributed by atoms with Gasteiger partial charge in [-0.15, -0.1) is 0 Å². The highest BCUT2D eigenvalue weighted by atomic mass is 16.2. The van der Waals surface area contributed by atoms with Crippen molar-refractivity contribution in [2.24, 2.45) is 13.0 Å². The zero-order chi connectivity index (χ0) is 17.3. The van der Waals surface area contributed by atoms with Gasteiger partial charge in [0.15, 0.2) is 11.2 Å². The zero-order valence-corrected chi connectivity index (χ0v) is 14.1. The zero-order valence-electron chi connectivity index (χ0n) is 14.1. The van der Waals surface area contributed by atoms with Crippen molar-refractivity contribution in [3.8, 4) is 6.07 Å². The van der Waals surface area contributed by atoms with Gasteiger partial charge in [-0.05, 0) is 26.2 Å². The monoisotopic (exact) mass is 330 g/mol. The summed E-state index contributed by atoms with van der Waals surface area (Å²) in [6.45, 7) is 3.80. The van der Waals surface area contributed by atoms with E-state index in [9.17, 15) is 9.59 Å². The Labute approximate surface area is 139 Å². The molecule has 0 saturated carbocycles. The minimum absolute atomic E-state index is 0.0000388. The predicted octanol–water partition coefficient (Wildman–Crippen LogP) is 1.04. The first-order valence-corrected chi connectivity index (χ1v) is 8.38. The van der Waals surface area contributed by atoms with Crippen molar-refractivity contribution in [1.82, 2.24) is 18.7 Å². The molecule has 0 radical (unpaired) electrons. The molecule has 3 rings (SSSR count). The Bertz CT molecular complexity index is 914. The molecule has 1 N–H and O–H groups in total. The van der Waals surface area contributed by atoms with Gasteiger partial charge >= 0.3 is 5.69 Å². The molecular formula is C16H22N6O2. The summed E-state index contributed by atoms with van der Waals surface area (Å²) in [4.78, 5) is 29.7. The fourth-order valence-corrected chi connectivity index (χ4v) is 3.14. The molecule has 0 saturated heterocycles. The van der Waals surface area contributed by atoms with Gasteiger partial charge in [0.1, 0.15) is 0 Å². The number of rotatable bonds is 5. The second-order valence-electron chi connectivity index (χ2n) is 6.36. The van der Waals surface area contributed by atoms with Gasteiger partial charge in [0, 0.05) is 32.6 Å².